The zero-order valence-corrected chi connectivity index (χ0v) is 11.5. The van der Waals surface area contributed by atoms with E-state index in [-0.39, 0.29) is 37.1 Å². The fourth-order valence-corrected chi connectivity index (χ4v) is 2.09. The molecular weight excluding hydrogens is 286 g/mol. The number of hydrogen-bond donors (Lipinski definition) is 0. The lowest BCUT2D eigenvalue weighted by atomic mass is 10.1. The molecule has 106 valence electrons. The third-order valence-electron chi connectivity index (χ3n) is 3.08. The van der Waals surface area contributed by atoms with Gasteiger partial charge in [0.1, 0.15) is 6.54 Å². The van der Waals surface area contributed by atoms with Crippen molar-refractivity contribution in [1.82, 2.24) is 9.80 Å². The number of amides is 2. The molecule has 0 saturated carbocycles. The second-order valence-corrected chi connectivity index (χ2v) is 4.94. The summed E-state index contributed by atoms with van der Waals surface area (Å²) in [6.45, 7) is 0.0403. The maximum atomic E-state index is 11.8. The van der Waals surface area contributed by atoms with Gasteiger partial charge >= 0.3 is 0 Å². The van der Waals surface area contributed by atoms with Crippen LogP contribution in [0.1, 0.15) is 5.56 Å². The SMILES string of the molecule is CN1CC(=O)N(Cc2cc([N+](=O)[O-])ccc2Cl)CC1=O. The lowest BCUT2D eigenvalue weighted by molar-refractivity contribution is -0.384. The first-order valence-electron chi connectivity index (χ1n) is 5.83. The average Bonchev–Trinajstić information content (AvgIpc) is 2.38. The summed E-state index contributed by atoms with van der Waals surface area (Å²) >= 11 is 5.98. The number of non-ortho nitro benzene ring substituents is 1. The number of nitro groups is 1. The normalized spacial score (nSPS) is 15.7. The van der Waals surface area contributed by atoms with E-state index >= 15 is 0 Å². The van der Waals surface area contributed by atoms with Crippen LogP contribution in [0.4, 0.5) is 5.69 Å². The summed E-state index contributed by atoms with van der Waals surface area (Å²) < 4.78 is 0. The molecular formula is C12H12ClN3O4. The van der Waals surface area contributed by atoms with Crippen molar-refractivity contribution in [2.24, 2.45) is 0 Å². The zero-order valence-electron chi connectivity index (χ0n) is 10.7. The van der Waals surface area contributed by atoms with Gasteiger partial charge in [-0.2, -0.15) is 0 Å². The Balaban J connectivity index is 2.21. The second kappa shape index (κ2) is 5.46. The number of carbonyl (C=O) groups excluding carboxylic acids is 2. The van der Waals surface area contributed by atoms with Crippen LogP contribution in [0.2, 0.25) is 5.02 Å². The van der Waals surface area contributed by atoms with Crippen molar-refractivity contribution < 1.29 is 14.5 Å². The summed E-state index contributed by atoms with van der Waals surface area (Å²) in [5.74, 6) is -0.388. The van der Waals surface area contributed by atoms with Crippen LogP contribution in [0.25, 0.3) is 0 Å². The van der Waals surface area contributed by atoms with Crippen LogP contribution >= 0.6 is 11.6 Å². The molecule has 1 aliphatic heterocycles. The van der Waals surface area contributed by atoms with Gasteiger partial charge < -0.3 is 9.80 Å². The number of nitrogens with zero attached hydrogens (tertiary/aromatic N) is 3. The molecule has 0 aromatic heterocycles. The first-order chi connectivity index (χ1) is 9.38. The molecule has 0 N–H and O–H groups in total. The van der Waals surface area contributed by atoms with Crippen molar-refractivity contribution in [3.63, 3.8) is 0 Å². The fourth-order valence-electron chi connectivity index (χ4n) is 1.91. The van der Waals surface area contributed by atoms with Crippen molar-refractivity contribution in [3.05, 3.63) is 38.9 Å². The zero-order chi connectivity index (χ0) is 14.9. The van der Waals surface area contributed by atoms with Crippen LogP contribution in [-0.2, 0) is 16.1 Å². The van der Waals surface area contributed by atoms with E-state index in [2.05, 4.69) is 0 Å². The van der Waals surface area contributed by atoms with Gasteiger partial charge in [0.15, 0.2) is 0 Å². The number of carbonyl (C=O) groups is 2. The Bertz CT molecular complexity index is 590. The molecule has 1 aromatic carbocycles. The molecule has 1 fully saturated rings. The Kier molecular flexibility index (Phi) is 3.89. The molecule has 0 aliphatic carbocycles. The monoisotopic (exact) mass is 297 g/mol. The Hall–Kier alpha value is -2.15. The highest BCUT2D eigenvalue weighted by molar-refractivity contribution is 6.31. The second-order valence-electron chi connectivity index (χ2n) is 4.53. The lowest BCUT2D eigenvalue weighted by Crippen LogP contribution is -2.51. The summed E-state index contributed by atoms with van der Waals surface area (Å²) in [6.07, 6.45) is 0. The molecule has 0 radical (unpaired) electrons. The molecule has 0 unspecified atom stereocenters. The molecule has 7 nitrogen and oxygen atoms in total. The summed E-state index contributed by atoms with van der Waals surface area (Å²) in [6, 6.07) is 4.03. The molecule has 1 heterocycles. The van der Waals surface area contributed by atoms with E-state index in [0.29, 0.717) is 10.6 Å². The maximum absolute atomic E-state index is 11.8. The van der Waals surface area contributed by atoms with Gasteiger partial charge in [0.2, 0.25) is 11.8 Å². The summed E-state index contributed by atoms with van der Waals surface area (Å²) in [7, 11) is 1.55. The van der Waals surface area contributed by atoms with Crippen LogP contribution in [-0.4, -0.2) is 46.7 Å². The quantitative estimate of drug-likeness (QED) is 0.616. The van der Waals surface area contributed by atoms with Gasteiger partial charge in [-0.25, -0.2) is 0 Å². The third kappa shape index (κ3) is 2.88. The fraction of sp³-hybridized carbons (Fsp3) is 0.333. The number of likely N-dealkylation sites (N-methyl/N-ethyl adjacent to an activating group) is 1. The number of benzene rings is 1. The highest BCUT2D eigenvalue weighted by Gasteiger charge is 2.28. The van der Waals surface area contributed by atoms with Gasteiger partial charge in [-0.1, -0.05) is 11.6 Å². The number of piperazine rings is 1. The minimum Gasteiger partial charge on any atom is -0.335 e. The van der Waals surface area contributed by atoms with E-state index in [9.17, 15) is 19.7 Å². The molecule has 0 spiro atoms. The molecule has 20 heavy (non-hydrogen) atoms. The standard InChI is InChI=1S/C12H12ClN3O4/c1-14-6-12(18)15(7-11(14)17)5-8-4-9(16(19)20)2-3-10(8)13/h2-4H,5-7H2,1H3. The topological polar surface area (TPSA) is 83.8 Å². The Morgan fingerprint density at radius 3 is 2.65 bits per heavy atom. The maximum Gasteiger partial charge on any atom is 0.269 e. The Morgan fingerprint density at radius 2 is 2.00 bits per heavy atom. The van der Waals surface area contributed by atoms with Crippen molar-refractivity contribution in [2.45, 2.75) is 6.54 Å². The average molecular weight is 298 g/mol. The largest absolute Gasteiger partial charge is 0.335 e. The summed E-state index contributed by atoms with van der Waals surface area (Å²) in [5, 5.41) is 11.1. The number of nitro benzene ring substituents is 1. The lowest BCUT2D eigenvalue weighted by Gasteiger charge is -2.31. The number of hydrogen-bond acceptors (Lipinski definition) is 4. The van der Waals surface area contributed by atoms with Gasteiger partial charge in [-0.05, 0) is 11.6 Å². The van der Waals surface area contributed by atoms with Gasteiger partial charge in [0.25, 0.3) is 5.69 Å². The van der Waals surface area contributed by atoms with Crippen LogP contribution in [0, 0.1) is 10.1 Å². The van der Waals surface area contributed by atoms with E-state index in [1.807, 2.05) is 0 Å². The predicted octanol–water partition coefficient (Wildman–Crippen LogP) is 1.05. The Morgan fingerprint density at radius 1 is 1.30 bits per heavy atom. The predicted molar refractivity (Wildman–Crippen MR) is 71.2 cm³/mol. The molecule has 1 aliphatic rings. The summed E-state index contributed by atoms with van der Waals surface area (Å²) in [4.78, 5) is 36.3. The summed E-state index contributed by atoms with van der Waals surface area (Å²) in [5.41, 5.74) is 0.351. The third-order valence-corrected chi connectivity index (χ3v) is 3.45. The van der Waals surface area contributed by atoms with E-state index < -0.39 is 4.92 Å². The first-order valence-corrected chi connectivity index (χ1v) is 6.21. The van der Waals surface area contributed by atoms with Crippen LogP contribution in [0.15, 0.2) is 18.2 Å². The highest BCUT2D eigenvalue weighted by Crippen LogP contribution is 2.24. The van der Waals surface area contributed by atoms with Crippen LogP contribution in [0.3, 0.4) is 0 Å². The number of halogens is 1. The molecule has 2 rings (SSSR count). The number of rotatable bonds is 3. The van der Waals surface area contributed by atoms with Crippen molar-refractivity contribution in [2.75, 3.05) is 20.1 Å². The van der Waals surface area contributed by atoms with Gasteiger partial charge in [0.05, 0.1) is 11.5 Å². The molecule has 0 atom stereocenters. The first kappa shape index (κ1) is 14.3. The van der Waals surface area contributed by atoms with Crippen molar-refractivity contribution in [1.29, 1.82) is 0 Å². The molecule has 2 amide bonds. The van der Waals surface area contributed by atoms with E-state index in [1.165, 1.54) is 28.0 Å². The highest BCUT2D eigenvalue weighted by atomic mass is 35.5. The minimum absolute atomic E-state index is 0.00534. The van der Waals surface area contributed by atoms with Crippen molar-refractivity contribution >= 4 is 29.1 Å². The van der Waals surface area contributed by atoms with E-state index in [0.717, 1.165) is 0 Å². The smallest absolute Gasteiger partial charge is 0.269 e. The Labute approximate surface area is 119 Å². The minimum atomic E-state index is -0.531. The molecule has 1 aromatic rings. The molecule has 1 saturated heterocycles. The van der Waals surface area contributed by atoms with Crippen LogP contribution in [0.5, 0.6) is 0 Å². The van der Waals surface area contributed by atoms with E-state index in [4.69, 9.17) is 11.6 Å². The van der Waals surface area contributed by atoms with Crippen molar-refractivity contribution in [3.8, 4) is 0 Å². The van der Waals surface area contributed by atoms with Crippen LogP contribution < -0.4 is 0 Å². The molecule has 8 heteroatoms. The molecule has 0 bridgehead atoms. The van der Waals surface area contributed by atoms with E-state index in [1.54, 1.807) is 7.05 Å². The van der Waals surface area contributed by atoms with Gasteiger partial charge in [-0.3, -0.25) is 19.7 Å². The van der Waals surface area contributed by atoms with Gasteiger partial charge in [-0.15, -0.1) is 0 Å². The van der Waals surface area contributed by atoms with Gasteiger partial charge in [0, 0.05) is 30.7 Å².